The minimum Gasteiger partial charge on any atom is -0.375 e. The number of benzene rings is 3. The molecule has 0 saturated carbocycles. The number of amides is 1. The zero-order chi connectivity index (χ0) is 22.1. The average molecular weight is 426 g/mol. The summed E-state index contributed by atoms with van der Waals surface area (Å²) in [5.41, 5.74) is 3.60. The zero-order valence-electron chi connectivity index (χ0n) is 18.1. The number of para-hydroxylation sites is 1. The van der Waals surface area contributed by atoms with Gasteiger partial charge in [-0.1, -0.05) is 60.7 Å². The number of anilines is 1. The van der Waals surface area contributed by atoms with E-state index in [9.17, 15) is 14.7 Å². The van der Waals surface area contributed by atoms with Gasteiger partial charge in [-0.05, 0) is 60.9 Å². The molecule has 0 aromatic heterocycles. The smallest absolute Gasteiger partial charge is 0.264 e. The molecule has 162 valence electrons. The fourth-order valence-electron chi connectivity index (χ4n) is 5.03. The third-order valence-electron chi connectivity index (χ3n) is 6.79. The van der Waals surface area contributed by atoms with E-state index in [4.69, 9.17) is 0 Å². The van der Waals surface area contributed by atoms with E-state index in [1.807, 2.05) is 60.7 Å². The largest absolute Gasteiger partial charge is 0.375 e. The highest BCUT2D eigenvalue weighted by Crippen LogP contribution is 2.43. The van der Waals surface area contributed by atoms with Crippen molar-refractivity contribution in [3.63, 3.8) is 0 Å². The lowest BCUT2D eigenvalue weighted by atomic mass is 9.85. The molecule has 0 fully saturated rings. The average Bonchev–Trinajstić information content (AvgIpc) is 3.04. The van der Waals surface area contributed by atoms with Crippen LogP contribution >= 0.6 is 0 Å². The summed E-state index contributed by atoms with van der Waals surface area (Å²) in [6.07, 6.45) is 4.78. The summed E-state index contributed by atoms with van der Waals surface area (Å²) in [6.45, 7) is 0.454. The Labute approximate surface area is 188 Å². The van der Waals surface area contributed by atoms with E-state index in [0.29, 0.717) is 29.8 Å². The number of ketones is 1. The molecule has 4 heteroatoms. The van der Waals surface area contributed by atoms with Gasteiger partial charge in [-0.2, -0.15) is 0 Å². The zero-order valence-corrected chi connectivity index (χ0v) is 18.1. The molecule has 3 aromatic rings. The normalized spacial score (nSPS) is 19.5. The van der Waals surface area contributed by atoms with Crippen LogP contribution in [-0.2, 0) is 29.7 Å². The van der Waals surface area contributed by atoms with Gasteiger partial charge in [0, 0.05) is 17.7 Å². The topological polar surface area (TPSA) is 57.6 Å². The lowest BCUT2D eigenvalue weighted by Crippen LogP contribution is -2.42. The summed E-state index contributed by atoms with van der Waals surface area (Å²) in [5.74, 6) is -0.616. The highest BCUT2D eigenvalue weighted by atomic mass is 16.3. The molecule has 0 unspecified atom stereocenters. The van der Waals surface area contributed by atoms with Crippen molar-refractivity contribution in [2.45, 2.75) is 44.1 Å². The van der Waals surface area contributed by atoms with E-state index in [1.165, 1.54) is 17.5 Å². The first-order chi connectivity index (χ1) is 15.6. The number of carbonyl (C=O) groups excluding carboxylic acids is 2. The van der Waals surface area contributed by atoms with Gasteiger partial charge >= 0.3 is 0 Å². The summed E-state index contributed by atoms with van der Waals surface area (Å²) < 4.78 is 0. The summed E-state index contributed by atoms with van der Waals surface area (Å²) in [7, 11) is 0. The van der Waals surface area contributed by atoms with E-state index in [-0.39, 0.29) is 12.2 Å². The quantitative estimate of drug-likeness (QED) is 0.587. The van der Waals surface area contributed by atoms with Gasteiger partial charge in [0.15, 0.2) is 11.4 Å². The summed E-state index contributed by atoms with van der Waals surface area (Å²) in [5, 5.41) is 11.5. The number of hydrogen-bond donors (Lipinski definition) is 1. The van der Waals surface area contributed by atoms with Crippen molar-refractivity contribution >= 4 is 17.4 Å². The molecule has 1 heterocycles. The highest BCUT2D eigenvalue weighted by Gasteiger charge is 2.50. The standard InChI is InChI=1S/C28H27NO3/c30-26(23-15-14-21-10-4-5-11-22(21)18-23)19-28(32)24-12-6-7-13-25(24)29(27(28)31)17-16-20-8-2-1-3-9-20/h1-3,6-9,12-15,18,32H,4-5,10-11,16-17,19H2/t28-/m1/s1. The van der Waals surface area contributed by atoms with Crippen LogP contribution in [-0.4, -0.2) is 23.3 Å². The molecule has 0 radical (unpaired) electrons. The molecule has 1 aliphatic carbocycles. The Morgan fingerprint density at radius 1 is 0.906 bits per heavy atom. The number of Topliss-reactive ketones (excluding diaryl/α,β-unsaturated/α-hetero) is 1. The molecule has 0 saturated heterocycles. The Bertz CT molecular complexity index is 1170. The molecule has 3 aromatic carbocycles. The molecule has 1 aliphatic heterocycles. The Kier molecular flexibility index (Phi) is 5.40. The molecular weight excluding hydrogens is 398 g/mol. The number of carbonyl (C=O) groups is 2. The molecule has 2 aliphatic rings. The van der Waals surface area contributed by atoms with Crippen LogP contribution in [0.25, 0.3) is 0 Å². The maximum absolute atomic E-state index is 13.4. The maximum Gasteiger partial charge on any atom is 0.264 e. The first-order valence-electron chi connectivity index (χ1n) is 11.4. The second-order valence-electron chi connectivity index (χ2n) is 8.86. The van der Waals surface area contributed by atoms with E-state index < -0.39 is 11.5 Å². The van der Waals surface area contributed by atoms with Crippen molar-refractivity contribution in [2.75, 3.05) is 11.4 Å². The molecule has 1 amide bonds. The predicted molar refractivity (Wildman–Crippen MR) is 125 cm³/mol. The fraction of sp³-hybridized carbons (Fsp3) is 0.286. The second kappa shape index (κ2) is 8.36. The Balaban J connectivity index is 1.40. The molecule has 32 heavy (non-hydrogen) atoms. The third-order valence-corrected chi connectivity index (χ3v) is 6.79. The van der Waals surface area contributed by atoms with Gasteiger partial charge in [-0.25, -0.2) is 0 Å². The first-order valence-corrected chi connectivity index (χ1v) is 11.4. The van der Waals surface area contributed by atoms with Crippen LogP contribution in [0, 0.1) is 0 Å². The highest BCUT2D eigenvalue weighted by molar-refractivity contribution is 6.10. The van der Waals surface area contributed by atoms with Gasteiger partial charge in [-0.3, -0.25) is 9.59 Å². The van der Waals surface area contributed by atoms with Crippen LogP contribution in [0.2, 0.25) is 0 Å². The van der Waals surface area contributed by atoms with Crippen LogP contribution in [0.15, 0.2) is 72.8 Å². The van der Waals surface area contributed by atoms with Gasteiger partial charge in [0.2, 0.25) is 0 Å². The van der Waals surface area contributed by atoms with Gasteiger partial charge in [0.25, 0.3) is 5.91 Å². The van der Waals surface area contributed by atoms with Crippen LogP contribution < -0.4 is 4.90 Å². The number of rotatable bonds is 6. The molecule has 1 N–H and O–H groups in total. The molecule has 0 spiro atoms. The van der Waals surface area contributed by atoms with Crippen LogP contribution in [0.3, 0.4) is 0 Å². The minimum atomic E-state index is -1.83. The molecule has 4 nitrogen and oxygen atoms in total. The van der Waals surface area contributed by atoms with Crippen LogP contribution in [0.1, 0.15) is 51.9 Å². The van der Waals surface area contributed by atoms with Gasteiger partial charge < -0.3 is 10.0 Å². The number of hydrogen-bond acceptors (Lipinski definition) is 3. The lowest BCUT2D eigenvalue weighted by molar-refractivity contribution is -0.135. The number of fused-ring (bicyclic) bond motifs is 2. The van der Waals surface area contributed by atoms with Gasteiger partial charge in [0.05, 0.1) is 12.1 Å². The van der Waals surface area contributed by atoms with E-state index in [2.05, 4.69) is 0 Å². The lowest BCUT2D eigenvalue weighted by Gasteiger charge is -2.23. The molecular formula is C28H27NO3. The monoisotopic (exact) mass is 425 g/mol. The fourth-order valence-corrected chi connectivity index (χ4v) is 5.03. The summed E-state index contributed by atoms with van der Waals surface area (Å²) in [4.78, 5) is 28.3. The van der Waals surface area contributed by atoms with Crippen molar-refractivity contribution in [2.24, 2.45) is 0 Å². The Morgan fingerprint density at radius 3 is 2.44 bits per heavy atom. The van der Waals surface area contributed by atoms with Crippen molar-refractivity contribution in [1.82, 2.24) is 0 Å². The maximum atomic E-state index is 13.4. The predicted octanol–water partition coefficient (Wildman–Crippen LogP) is 4.62. The second-order valence-corrected chi connectivity index (χ2v) is 8.86. The SMILES string of the molecule is O=C(C[C@]1(O)C(=O)N(CCc2ccccc2)c2ccccc21)c1ccc2c(c1)CCCC2. The number of nitrogens with zero attached hydrogens (tertiary/aromatic N) is 1. The summed E-state index contributed by atoms with van der Waals surface area (Å²) >= 11 is 0. The Morgan fingerprint density at radius 2 is 1.62 bits per heavy atom. The van der Waals surface area contributed by atoms with E-state index >= 15 is 0 Å². The van der Waals surface area contributed by atoms with Crippen molar-refractivity contribution < 1.29 is 14.7 Å². The van der Waals surface area contributed by atoms with Crippen molar-refractivity contribution in [3.8, 4) is 0 Å². The van der Waals surface area contributed by atoms with Gasteiger partial charge in [0.1, 0.15) is 0 Å². The number of aryl methyl sites for hydroxylation is 2. The number of aliphatic hydroxyl groups is 1. The molecule has 1 atom stereocenters. The third kappa shape index (κ3) is 3.65. The van der Waals surface area contributed by atoms with Crippen molar-refractivity contribution in [1.29, 1.82) is 0 Å². The van der Waals surface area contributed by atoms with Crippen LogP contribution in [0.4, 0.5) is 5.69 Å². The first kappa shape index (κ1) is 20.7. The Hall–Kier alpha value is -3.24. The molecule has 5 rings (SSSR count). The minimum absolute atomic E-state index is 0.200. The van der Waals surface area contributed by atoms with E-state index in [0.717, 1.165) is 24.8 Å². The summed E-state index contributed by atoms with van der Waals surface area (Å²) in [6, 6.07) is 23.1. The van der Waals surface area contributed by atoms with E-state index in [1.54, 1.807) is 17.0 Å². The van der Waals surface area contributed by atoms with Crippen molar-refractivity contribution in [3.05, 3.63) is 101 Å². The molecule has 0 bridgehead atoms. The van der Waals surface area contributed by atoms with Gasteiger partial charge in [-0.15, -0.1) is 0 Å². The van der Waals surface area contributed by atoms with Crippen LogP contribution in [0.5, 0.6) is 0 Å².